The Labute approximate surface area is 239 Å². The van der Waals surface area contributed by atoms with Gasteiger partial charge in [-0.05, 0) is 48.9 Å². The first-order chi connectivity index (χ1) is 19.5. The van der Waals surface area contributed by atoms with Gasteiger partial charge in [-0.15, -0.1) is 0 Å². The van der Waals surface area contributed by atoms with E-state index in [0.717, 1.165) is 4.31 Å². The number of nitrogens with zero attached hydrogens (tertiary/aromatic N) is 2. The van der Waals surface area contributed by atoms with Crippen LogP contribution in [0, 0.1) is 23.4 Å². The van der Waals surface area contributed by atoms with Crippen LogP contribution < -0.4 is 11.5 Å². The number of carbonyl (C=O) groups is 3. The summed E-state index contributed by atoms with van der Waals surface area (Å²) in [6, 6.07) is 5.80. The van der Waals surface area contributed by atoms with Gasteiger partial charge in [-0.3, -0.25) is 23.8 Å². The Kier molecular flexibility index (Phi) is 8.80. The number of primary amides is 1. The second-order valence-electron chi connectivity index (χ2n) is 10.2. The number of piperidine rings is 1. The van der Waals surface area contributed by atoms with E-state index in [2.05, 4.69) is 0 Å². The molecule has 0 aliphatic carbocycles. The van der Waals surface area contributed by atoms with Crippen LogP contribution in [0.5, 0.6) is 0 Å². The average molecular weight is 633 g/mol. The van der Waals surface area contributed by atoms with Gasteiger partial charge in [-0.1, -0.05) is 12.1 Å². The second kappa shape index (κ2) is 11.7. The normalized spacial score (nSPS) is 19.0. The van der Waals surface area contributed by atoms with E-state index in [1.165, 1.54) is 24.3 Å². The summed E-state index contributed by atoms with van der Waals surface area (Å²) >= 11 is 0. The predicted molar refractivity (Wildman–Crippen MR) is 141 cm³/mol. The molecule has 228 valence electrons. The molecule has 2 heterocycles. The highest BCUT2D eigenvalue weighted by Crippen LogP contribution is 2.30. The van der Waals surface area contributed by atoms with Gasteiger partial charge < -0.3 is 11.5 Å². The van der Waals surface area contributed by atoms with Gasteiger partial charge in [0.1, 0.15) is 11.1 Å². The molecule has 4 rings (SSSR count). The molecule has 42 heavy (non-hydrogen) atoms. The quantitative estimate of drug-likeness (QED) is 0.189. The number of carbonyl (C=O) groups excluding carboxylic acids is 3. The molecule has 0 saturated carbocycles. The van der Waals surface area contributed by atoms with Gasteiger partial charge >= 0.3 is 0 Å². The molecule has 2 aromatic carbocycles. The number of amides is 3. The molecule has 12 nitrogen and oxygen atoms in total. The van der Waals surface area contributed by atoms with Crippen molar-refractivity contribution in [1.29, 1.82) is 0 Å². The zero-order valence-corrected chi connectivity index (χ0v) is 23.5. The fourth-order valence-corrected chi connectivity index (χ4v) is 8.74. The summed E-state index contributed by atoms with van der Waals surface area (Å²) in [7, 11) is -10.3. The molecule has 0 spiro atoms. The lowest BCUT2D eigenvalue weighted by atomic mass is 9.87. The van der Waals surface area contributed by atoms with E-state index in [0.29, 0.717) is 17.0 Å². The average Bonchev–Trinajstić information content (AvgIpc) is 3.15. The number of fused-ring (bicyclic) bond motifs is 1. The summed E-state index contributed by atoms with van der Waals surface area (Å²) in [5.74, 6) is -7.57. The Bertz CT molecular complexity index is 1610. The van der Waals surface area contributed by atoms with Crippen molar-refractivity contribution < 1.29 is 48.9 Å². The minimum atomic E-state index is -5.39. The molecule has 2 unspecified atom stereocenters. The third-order valence-corrected chi connectivity index (χ3v) is 11.2. The molecular formula is C25H27F3N4O8S2. The van der Waals surface area contributed by atoms with E-state index < -0.39 is 84.3 Å². The molecule has 0 bridgehead atoms. The molecule has 2 aliphatic heterocycles. The highest BCUT2D eigenvalue weighted by Gasteiger charge is 2.51. The van der Waals surface area contributed by atoms with Crippen molar-refractivity contribution in [2.75, 3.05) is 19.6 Å². The van der Waals surface area contributed by atoms with Crippen LogP contribution in [0.2, 0.25) is 0 Å². The summed E-state index contributed by atoms with van der Waals surface area (Å²) in [5, 5.41) is -5.07. The minimum absolute atomic E-state index is 0.0616. The number of sulfonamides is 1. The number of rotatable bonds is 10. The molecule has 2 aromatic rings. The van der Waals surface area contributed by atoms with E-state index in [1.54, 1.807) is 0 Å². The van der Waals surface area contributed by atoms with Crippen LogP contribution in [0.15, 0.2) is 36.4 Å². The Morgan fingerprint density at radius 1 is 0.952 bits per heavy atom. The lowest BCUT2D eigenvalue weighted by molar-refractivity contribution is -0.117. The molecule has 0 radical (unpaired) electrons. The van der Waals surface area contributed by atoms with E-state index in [9.17, 15) is 48.9 Å². The van der Waals surface area contributed by atoms with E-state index in [1.807, 2.05) is 0 Å². The third-order valence-electron chi connectivity index (χ3n) is 7.57. The van der Waals surface area contributed by atoms with Gasteiger partial charge in [0.05, 0.1) is 17.7 Å². The number of nitrogens with two attached hydrogens (primary N) is 2. The predicted octanol–water partition coefficient (Wildman–Crippen LogP) is 0.422. The van der Waals surface area contributed by atoms with Crippen molar-refractivity contribution in [2.45, 2.75) is 35.8 Å². The highest BCUT2D eigenvalue weighted by atomic mass is 32.2. The first-order valence-corrected chi connectivity index (χ1v) is 15.6. The molecule has 1 fully saturated rings. The van der Waals surface area contributed by atoms with Crippen LogP contribution in [0.25, 0.3) is 0 Å². The zero-order valence-electron chi connectivity index (χ0n) is 21.8. The SMILES string of the molecule is NC(=O)C(C(CN1C(=O)c2ccccc2C1=O)S(=O)(=O)O)S(=O)(=O)N1CCC([C@H](N)Cc2cc(F)c(F)cc2F)CC1. The number of hydrogen-bond acceptors (Lipinski definition) is 8. The van der Waals surface area contributed by atoms with Crippen molar-refractivity contribution in [3.8, 4) is 0 Å². The first kappa shape index (κ1) is 31.6. The maximum Gasteiger partial charge on any atom is 0.271 e. The standard InChI is InChI=1S/C25H27F3N4O8S2/c26-17-11-19(28)18(27)9-14(17)10-20(29)13-5-7-31(8-6-13)41(36,37)22(23(30)33)21(42(38,39)40)12-32-24(34)15-3-1-2-4-16(15)25(32)35/h1-4,9,11,13,20-22H,5-8,10,12,29H2,(H2,30,33)(H,38,39,40)/t20-,21?,22?/m1/s1. The van der Waals surface area contributed by atoms with Gasteiger partial charge in [0.15, 0.2) is 16.9 Å². The number of benzene rings is 2. The maximum absolute atomic E-state index is 14.1. The second-order valence-corrected chi connectivity index (χ2v) is 13.8. The van der Waals surface area contributed by atoms with Crippen molar-refractivity contribution in [1.82, 2.24) is 9.21 Å². The molecular weight excluding hydrogens is 605 g/mol. The zero-order chi connectivity index (χ0) is 31.1. The summed E-state index contributed by atoms with van der Waals surface area (Å²) in [6.45, 7) is -1.73. The van der Waals surface area contributed by atoms with Crippen LogP contribution in [0.4, 0.5) is 13.2 Å². The van der Waals surface area contributed by atoms with Gasteiger partial charge in [0, 0.05) is 25.2 Å². The summed E-state index contributed by atoms with van der Waals surface area (Å²) in [5.41, 5.74) is 11.2. The fraction of sp³-hybridized carbons (Fsp3) is 0.400. The largest absolute Gasteiger partial charge is 0.368 e. The van der Waals surface area contributed by atoms with Crippen LogP contribution >= 0.6 is 0 Å². The van der Waals surface area contributed by atoms with Crippen LogP contribution in [-0.2, 0) is 31.4 Å². The van der Waals surface area contributed by atoms with Crippen LogP contribution in [0.1, 0.15) is 39.1 Å². The van der Waals surface area contributed by atoms with E-state index in [4.69, 9.17) is 11.5 Å². The van der Waals surface area contributed by atoms with Gasteiger partial charge in [-0.25, -0.2) is 25.9 Å². The molecule has 3 amide bonds. The third kappa shape index (κ3) is 6.05. The van der Waals surface area contributed by atoms with Crippen LogP contribution in [-0.4, -0.2) is 84.5 Å². The topological polar surface area (TPSA) is 198 Å². The molecule has 5 N–H and O–H groups in total. The van der Waals surface area contributed by atoms with E-state index in [-0.39, 0.29) is 49.0 Å². The number of imide groups is 1. The Hall–Kier alpha value is -3.38. The van der Waals surface area contributed by atoms with Gasteiger partial charge in [0.25, 0.3) is 21.9 Å². The van der Waals surface area contributed by atoms with Crippen LogP contribution in [0.3, 0.4) is 0 Å². The monoisotopic (exact) mass is 632 g/mol. The van der Waals surface area contributed by atoms with E-state index >= 15 is 0 Å². The highest BCUT2D eigenvalue weighted by molar-refractivity contribution is 7.93. The Morgan fingerprint density at radius 2 is 1.48 bits per heavy atom. The van der Waals surface area contributed by atoms with Gasteiger partial charge in [0.2, 0.25) is 15.9 Å². The van der Waals surface area contributed by atoms with Crippen molar-refractivity contribution in [3.63, 3.8) is 0 Å². The fourth-order valence-electron chi connectivity index (χ4n) is 5.31. The first-order valence-electron chi connectivity index (χ1n) is 12.6. The summed E-state index contributed by atoms with van der Waals surface area (Å²) in [4.78, 5) is 38.4. The molecule has 3 atom stereocenters. The summed E-state index contributed by atoms with van der Waals surface area (Å²) in [6.07, 6.45) is -0.0618. The van der Waals surface area contributed by atoms with Crippen molar-refractivity contribution in [3.05, 3.63) is 70.5 Å². The van der Waals surface area contributed by atoms with Gasteiger partial charge in [-0.2, -0.15) is 8.42 Å². The number of halogens is 3. The van der Waals surface area contributed by atoms with Crippen molar-refractivity contribution >= 4 is 37.9 Å². The lowest BCUT2D eigenvalue weighted by Gasteiger charge is -2.36. The van der Waals surface area contributed by atoms with Crippen molar-refractivity contribution in [2.24, 2.45) is 17.4 Å². The molecule has 1 saturated heterocycles. The molecule has 0 aromatic heterocycles. The Balaban J connectivity index is 1.52. The molecule has 2 aliphatic rings. The number of hydrogen-bond donors (Lipinski definition) is 3. The maximum atomic E-state index is 14.1. The smallest absolute Gasteiger partial charge is 0.271 e. The molecule has 17 heteroatoms. The lowest BCUT2D eigenvalue weighted by Crippen LogP contribution is -2.58. The summed E-state index contributed by atoms with van der Waals surface area (Å²) < 4.78 is 104. The minimum Gasteiger partial charge on any atom is -0.368 e. The Morgan fingerprint density at radius 3 is 1.98 bits per heavy atom.